The van der Waals surface area contributed by atoms with E-state index in [1.807, 2.05) is 13.0 Å². The summed E-state index contributed by atoms with van der Waals surface area (Å²) in [5, 5.41) is 20.9. The molecule has 3 atom stereocenters. The van der Waals surface area contributed by atoms with Gasteiger partial charge in [0.25, 0.3) is 0 Å². The van der Waals surface area contributed by atoms with Crippen molar-refractivity contribution in [3.63, 3.8) is 0 Å². The Morgan fingerprint density at radius 2 is 2.32 bits per heavy atom. The number of carboxylic acids is 1. The van der Waals surface area contributed by atoms with Crippen molar-refractivity contribution in [3.05, 3.63) is 23.2 Å². The lowest BCUT2D eigenvalue weighted by atomic mass is 9.90. The van der Waals surface area contributed by atoms with Crippen LogP contribution in [0.3, 0.4) is 0 Å². The number of aliphatic hydroxyl groups is 1. The van der Waals surface area contributed by atoms with Crippen molar-refractivity contribution in [1.82, 2.24) is 4.98 Å². The van der Waals surface area contributed by atoms with E-state index in [1.165, 1.54) is 28.5 Å². The highest BCUT2D eigenvalue weighted by atomic mass is 32.2. The molecule has 0 aliphatic heterocycles. The molecule has 1 aromatic rings. The summed E-state index contributed by atoms with van der Waals surface area (Å²) in [6, 6.07) is 0. The Kier molecular flexibility index (Phi) is 8.74. The van der Waals surface area contributed by atoms with Gasteiger partial charge >= 0.3 is 5.97 Å². The van der Waals surface area contributed by atoms with Crippen molar-refractivity contribution in [1.29, 1.82) is 0 Å². The van der Waals surface area contributed by atoms with Gasteiger partial charge in [0, 0.05) is 29.9 Å². The molecule has 1 fully saturated rings. The molecule has 0 saturated heterocycles. The summed E-state index contributed by atoms with van der Waals surface area (Å²) in [7, 11) is 0. The average molecular weight is 422 g/mol. The zero-order valence-corrected chi connectivity index (χ0v) is 17.9. The molecule has 0 bridgehead atoms. The van der Waals surface area contributed by atoms with Crippen LogP contribution in [-0.2, 0) is 4.79 Å². The predicted octanol–water partition coefficient (Wildman–Crippen LogP) is 4.42. The van der Waals surface area contributed by atoms with Gasteiger partial charge < -0.3 is 10.2 Å². The van der Waals surface area contributed by atoms with E-state index in [9.17, 15) is 14.7 Å². The molecule has 1 aliphatic rings. The molecule has 1 aliphatic carbocycles. The van der Waals surface area contributed by atoms with Gasteiger partial charge in [-0.1, -0.05) is 23.9 Å². The Balaban J connectivity index is 1.82. The highest BCUT2D eigenvalue weighted by molar-refractivity contribution is 8.01. The number of allylic oxidation sites excluding steroid dienone is 1. The van der Waals surface area contributed by atoms with E-state index in [1.54, 1.807) is 6.92 Å². The Morgan fingerprint density at radius 1 is 1.54 bits per heavy atom. The number of ketones is 1. The summed E-state index contributed by atoms with van der Waals surface area (Å²) in [5.41, 5.74) is -0.705. The van der Waals surface area contributed by atoms with Gasteiger partial charge in [0.15, 0.2) is 10.0 Å². The number of thioether (sulfide) groups is 1. The molecule has 7 heteroatoms. The third-order valence-corrected chi connectivity index (χ3v) is 6.97. The third kappa shape index (κ3) is 7.08. The lowest BCUT2D eigenvalue weighted by molar-refractivity contribution is -0.121. The monoisotopic (exact) mass is 421 g/mol. The topological polar surface area (TPSA) is 87.5 Å². The molecule has 0 aromatic carbocycles. The molecule has 152 valence electrons. The molecule has 1 heterocycles. The number of hydrogen-bond donors (Lipinski definition) is 2. The van der Waals surface area contributed by atoms with E-state index in [4.69, 9.17) is 5.11 Å². The Morgan fingerprint density at radius 3 is 3.00 bits per heavy atom. The van der Waals surface area contributed by atoms with Crippen LogP contribution in [0.1, 0.15) is 62.9 Å². The smallest absolute Gasteiger partial charge is 0.355 e. The highest BCUT2D eigenvalue weighted by Gasteiger charge is 2.32. The van der Waals surface area contributed by atoms with Crippen LogP contribution in [0.2, 0.25) is 0 Å². The number of rotatable bonds is 10. The molecule has 0 unspecified atom stereocenters. The number of aromatic nitrogens is 1. The Hall–Kier alpha value is -1.62. The summed E-state index contributed by atoms with van der Waals surface area (Å²) in [4.78, 5) is 27.2. The second kappa shape index (κ2) is 10.8. The first-order valence-corrected chi connectivity index (χ1v) is 11.3. The van der Waals surface area contributed by atoms with Crippen LogP contribution in [-0.4, -0.2) is 38.3 Å². The lowest BCUT2D eigenvalue weighted by Crippen LogP contribution is -2.22. The molecular weight excluding hydrogens is 394 g/mol. The maximum atomic E-state index is 12.3. The zero-order chi connectivity index (χ0) is 20.6. The van der Waals surface area contributed by atoms with Crippen molar-refractivity contribution in [2.45, 2.75) is 62.3 Å². The van der Waals surface area contributed by atoms with Crippen molar-refractivity contribution >= 4 is 34.9 Å². The Bertz CT molecular complexity index is 773. The minimum atomic E-state index is -1.02. The largest absolute Gasteiger partial charge is 0.476 e. The molecule has 5 nitrogen and oxygen atoms in total. The fourth-order valence-corrected chi connectivity index (χ4v) is 5.18. The van der Waals surface area contributed by atoms with Gasteiger partial charge in [0.05, 0.1) is 5.60 Å². The second-order valence-corrected chi connectivity index (χ2v) is 9.47. The fraction of sp³-hybridized carbons (Fsp3) is 0.571. The highest BCUT2D eigenvalue weighted by Crippen LogP contribution is 2.35. The van der Waals surface area contributed by atoms with E-state index in [-0.39, 0.29) is 17.5 Å². The van der Waals surface area contributed by atoms with E-state index >= 15 is 0 Å². The van der Waals surface area contributed by atoms with Gasteiger partial charge in [-0.25, -0.2) is 9.78 Å². The van der Waals surface area contributed by atoms with Crippen LogP contribution in [0.5, 0.6) is 0 Å². The molecule has 1 saturated carbocycles. The van der Waals surface area contributed by atoms with Gasteiger partial charge in [0.2, 0.25) is 0 Å². The van der Waals surface area contributed by atoms with Crippen LogP contribution >= 0.6 is 23.1 Å². The minimum absolute atomic E-state index is 0.00133. The van der Waals surface area contributed by atoms with Gasteiger partial charge in [-0.2, -0.15) is 0 Å². The standard InChI is InChI=1S/C21H27NO4S2/c1-3-4-5-11-21(2,26)12-6-7-15-8-9-18(23)16(15)10-13-27-20-22-17(14-28-20)19(24)25/h6-7,14-16,26H,5,8-13H2,1-2H3,(H,24,25)/b7-6+/t15-,16+,21+/m0/s1. The van der Waals surface area contributed by atoms with Crippen LogP contribution in [0, 0.1) is 23.7 Å². The quantitative estimate of drug-likeness (QED) is 0.330. The van der Waals surface area contributed by atoms with Gasteiger partial charge in [0.1, 0.15) is 5.78 Å². The number of hydrogen-bond acceptors (Lipinski definition) is 6. The van der Waals surface area contributed by atoms with Crippen LogP contribution in [0.4, 0.5) is 0 Å². The van der Waals surface area contributed by atoms with E-state index in [0.717, 1.165) is 22.9 Å². The number of aromatic carboxylic acids is 1. The lowest BCUT2D eigenvalue weighted by Gasteiger charge is -2.21. The molecule has 2 N–H and O–H groups in total. The minimum Gasteiger partial charge on any atom is -0.476 e. The van der Waals surface area contributed by atoms with Crippen molar-refractivity contribution < 1.29 is 19.8 Å². The number of nitrogens with zero attached hydrogens (tertiary/aromatic N) is 1. The summed E-state index contributed by atoms with van der Waals surface area (Å²) in [6.07, 6.45) is 8.18. The van der Waals surface area contributed by atoms with Gasteiger partial charge in [-0.3, -0.25) is 4.79 Å². The van der Waals surface area contributed by atoms with Crippen LogP contribution < -0.4 is 0 Å². The molecule has 28 heavy (non-hydrogen) atoms. The van der Waals surface area contributed by atoms with Crippen molar-refractivity contribution in [2.75, 3.05) is 5.75 Å². The number of Topliss-reactive ketones (excluding diaryl/α,β-unsaturated/α-hetero) is 1. The molecule has 0 amide bonds. The molecule has 0 spiro atoms. The van der Waals surface area contributed by atoms with E-state index in [2.05, 4.69) is 22.9 Å². The molecule has 1 aromatic heterocycles. The van der Waals surface area contributed by atoms with Crippen molar-refractivity contribution in [3.8, 4) is 11.8 Å². The van der Waals surface area contributed by atoms with Crippen LogP contribution in [0.15, 0.2) is 21.9 Å². The first-order chi connectivity index (χ1) is 13.3. The number of carbonyl (C=O) groups excluding carboxylic acids is 1. The second-order valence-electron chi connectivity index (χ2n) is 7.27. The fourth-order valence-electron chi connectivity index (χ4n) is 3.29. The normalized spacial score (nSPS) is 21.5. The number of carbonyl (C=O) groups is 2. The Labute approximate surface area is 174 Å². The molecule has 0 radical (unpaired) electrons. The zero-order valence-electron chi connectivity index (χ0n) is 16.3. The number of carboxylic acid groups (broad SMARTS) is 1. The maximum Gasteiger partial charge on any atom is 0.355 e. The van der Waals surface area contributed by atoms with Gasteiger partial charge in [-0.15, -0.1) is 23.2 Å². The maximum absolute atomic E-state index is 12.3. The van der Waals surface area contributed by atoms with Crippen molar-refractivity contribution in [2.24, 2.45) is 11.8 Å². The average Bonchev–Trinajstić information content (AvgIpc) is 3.23. The predicted molar refractivity (Wildman–Crippen MR) is 113 cm³/mol. The first-order valence-electron chi connectivity index (χ1n) is 9.45. The van der Waals surface area contributed by atoms with E-state index in [0.29, 0.717) is 31.5 Å². The number of thiazole rings is 1. The first kappa shape index (κ1) is 22.7. The summed E-state index contributed by atoms with van der Waals surface area (Å²) < 4.78 is 0.723. The molecule has 2 rings (SSSR count). The van der Waals surface area contributed by atoms with E-state index < -0.39 is 11.6 Å². The van der Waals surface area contributed by atoms with Crippen LogP contribution in [0.25, 0.3) is 0 Å². The summed E-state index contributed by atoms with van der Waals surface area (Å²) in [6.45, 7) is 3.62. The third-order valence-electron chi connectivity index (χ3n) is 4.92. The summed E-state index contributed by atoms with van der Waals surface area (Å²) >= 11 is 2.83. The molecular formula is C21H27NO4S2. The SMILES string of the molecule is CC#CCC[C@@](C)(O)C/C=C/[C@H]1CCC(=O)[C@@H]1CCSc1nc(C(=O)O)cs1. The summed E-state index contributed by atoms with van der Waals surface area (Å²) in [5.74, 6) is 6.04. The van der Waals surface area contributed by atoms with Gasteiger partial charge in [-0.05, 0) is 45.4 Å².